The Bertz CT molecular complexity index is 349. The molecule has 112 valence electrons. The molecule has 0 amide bonds. The minimum Gasteiger partial charge on any atom is -0.367 e. The molecule has 0 radical (unpaired) electrons. The lowest BCUT2D eigenvalue weighted by Gasteiger charge is -2.40. The van der Waals surface area contributed by atoms with E-state index in [9.17, 15) is 9.59 Å². The number of rotatable bonds is 7. The molecule has 3 nitrogen and oxygen atoms in total. The average Bonchev–Trinajstić information content (AvgIpc) is 2.24. The molecule has 0 fully saturated rings. The maximum atomic E-state index is 12.2. The minimum atomic E-state index is -0.665. The van der Waals surface area contributed by atoms with E-state index in [4.69, 9.17) is 4.74 Å². The van der Waals surface area contributed by atoms with Gasteiger partial charge >= 0.3 is 0 Å². The first-order valence-corrected chi connectivity index (χ1v) is 6.95. The molecule has 3 heteroatoms. The summed E-state index contributed by atoms with van der Waals surface area (Å²) in [5.41, 5.74) is -1.69. The first-order valence-electron chi connectivity index (χ1n) is 6.95. The van der Waals surface area contributed by atoms with Gasteiger partial charge in [0.05, 0.1) is 11.0 Å². The summed E-state index contributed by atoms with van der Waals surface area (Å²) >= 11 is 0. The Morgan fingerprint density at radius 1 is 1.00 bits per heavy atom. The fraction of sp³-hybridized carbons (Fsp3) is 0.875. The van der Waals surface area contributed by atoms with Crippen molar-refractivity contribution in [2.24, 2.45) is 16.7 Å². The van der Waals surface area contributed by atoms with Gasteiger partial charge in [-0.15, -0.1) is 0 Å². The fourth-order valence-electron chi connectivity index (χ4n) is 1.36. The molecule has 0 saturated carbocycles. The summed E-state index contributed by atoms with van der Waals surface area (Å²) in [6.45, 7) is 17.0. The standard InChI is InChI=1S/C16H30O3/c1-11(2)14(4,5)13(18)10-19-16(8,9)15(6,7)12(3)17/h11H,10H2,1-9H3. The fourth-order valence-corrected chi connectivity index (χ4v) is 1.36. The minimum absolute atomic E-state index is 0.0505. The summed E-state index contributed by atoms with van der Waals surface area (Å²) < 4.78 is 5.78. The molecule has 0 atom stereocenters. The molecule has 0 N–H and O–H groups in total. The van der Waals surface area contributed by atoms with Gasteiger partial charge in [-0.2, -0.15) is 0 Å². The highest BCUT2D eigenvalue weighted by Crippen LogP contribution is 2.35. The van der Waals surface area contributed by atoms with E-state index in [1.807, 2.05) is 55.4 Å². The van der Waals surface area contributed by atoms with E-state index < -0.39 is 16.4 Å². The second-order valence-electron chi connectivity index (χ2n) is 7.28. The first kappa shape index (κ1) is 18.3. The Morgan fingerprint density at radius 2 is 1.42 bits per heavy atom. The zero-order valence-electron chi connectivity index (χ0n) is 14.0. The smallest absolute Gasteiger partial charge is 0.164 e. The van der Waals surface area contributed by atoms with Gasteiger partial charge < -0.3 is 4.74 Å². The number of hydrogen-bond acceptors (Lipinski definition) is 3. The molecular formula is C16H30O3. The van der Waals surface area contributed by atoms with Crippen molar-refractivity contribution in [3.63, 3.8) is 0 Å². The van der Waals surface area contributed by atoms with E-state index >= 15 is 0 Å². The van der Waals surface area contributed by atoms with Crippen molar-refractivity contribution >= 4 is 11.6 Å². The summed E-state index contributed by atoms with van der Waals surface area (Å²) in [5.74, 6) is 0.399. The third kappa shape index (κ3) is 3.88. The topological polar surface area (TPSA) is 43.4 Å². The van der Waals surface area contributed by atoms with Crippen LogP contribution in [0.3, 0.4) is 0 Å². The SMILES string of the molecule is CC(=O)C(C)(C)C(C)(C)OCC(=O)C(C)(C)C(C)C. The largest absolute Gasteiger partial charge is 0.367 e. The van der Waals surface area contributed by atoms with Crippen LogP contribution in [-0.2, 0) is 14.3 Å². The van der Waals surface area contributed by atoms with Gasteiger partial charge in [-0.1, -0.05) is 41.5 Å². The van der Waals surface area contributed by atoms with Crippen LogP contribution in [0.4, 0.5) is 0 Å². The Morgan fingerprint density at radius 3 is 1.74 bits per heavy atom. The number of Topliss-reactive ketones (excluding diaryl/α,β-unsaturated/α-hetero) is 2. The van der Waals surface area contributed by atoms with Crippen LogP contribution in [0.2, 0.25) is 0 Å². The first-order chi connectivity index (χ1) is 8.26. The molecule has 0 aromatic heterocycles. The highest BCUT2D eigenvalue weighted by atomic mass is 16.5. The lowest BCUT2D eigenvalue weighted by molar-refractivity contribution is -0.157. The highest BCUT2D eigenvalue weighted by molar-refractivity contribution is 5.86. The van der Waals surface area contributed by atoms with E-state index in [0.29, 0.717) is 0 Å². The summed E-state index contributed by atoms with van der Waals surface area (Å²) in [4.78, 5) is 23.9. The molecule has 0 aliphatic rings. The predicted molar refractivity (Wildman–Crippen MR) is 78.1 cm³/mol. The van der Waals surface area contributed by atoms with Crippen LogP contribution in [0.5, 0.6) is 0 Å². The summed E-state index contributed by atoms with van der Waals surface area (Å²) in [5, 5.41) is 0. The molecule has 0 rings (SSSR count). The highest BCUT2D eigenvalue weighted by Gasteiger charge is 2.43. The van der Waals surface area contributed by atoms with Gasteiger partial charge in [-0.05, 0) is 26.7 Å². The lowest BCUT2D eigenvalue weighted by Crippen LogP contribution is -2.48. The van der Waals surface area contributed by atoms with Crippen LogP contribution in [-0.4, -0.2) is 23.8 Å². The van der Waals surface area contributed by atoms with Crippen LogP contribution in [0.15, 0.2) is 0 Å². The molecule has 0 aromatic rings. The third-order valence-electron chi connectivity index (χ3n) is 5.11. The molecule has 0 aromatic carbocycles. The molecule has 0 aliphatic heterocycles. The maximum Gasteiger partial charge on any atom is 0.164 e. The van der Waals surface area contributed by atoms with Crippen molar-refractivity contribution in [3.8, 4) is 0 Å². The predicted octanol–water partition coefficient (Wildman–Crippen LogP) is 3.65. The number of carbonyl (C=O) groups is 2. The normalized spacial score (nSPS) is 13.8. The van der Waals surface area contributed by atoms with Crippen LogP contribution >= 0.6 is 0 Å². The van der Waals surface area contributed by atoms with E-state index in [0.717, 1.165) is 0 Å². The lowest BCUT2D eigenvalue weighted by atomic mass is 9.74. The molecule has 0 heterocycles. The van der Waals surface area contributed by atoms with Gasteiger partial charge in [0.15, 0.2) is 5.78 Å². The summed E-state index contributed by atoms with van der Waals surface area (Å²) in [6, 6.07) is 0. The quantitative estimate of drug-likeness (QED) is 0.709. The molecule has 0 saturated heterocycles. The van der Waals surface area contributed by atoms with Gasteiger partial charge in [0.25, 0.3) is 0 Å². The molecule has 0 aliphatic carbocycles. The molecule has 0 spiro atoms. The van der Waals surface area contributed by atoms with Crippen LogP contribution in [0.25, 0.3) is 0 Å². The van der Waals surface area contributed by atoms with Gasteiger partial charge in [0, 0.05) is 5.41 Å². The zero-order valence-corrected chi connectivity index (χ0v) is 14.0. The zero-order chi connectivity index (χ0) is 15.6. The van der Waals surface area contributed by atoms with Crippen molar-refractivity contribution in [3.05, 3.63) is 0 Å². The molecular weight excluding hydrogens is 240 g/mol. The second-order valence-corrected chi connectivity index (χ2v) is 7.28. The molecule has 0 bridgehead atoms. The van der Waals surface area contributed by atoms with Crippen LogP contribution in [0.1, 0.15) is 62.3 Å². The van der Waals surface area contributed by atoms with E-state index in [1.165, 1.54) is 0 Å². The van der Waals surface area contributed by atoms with Crippen molar-refractivity contribution in [1.82, 2.24) is 0 Å². The second kappa shape index (κ2) is 5.74. The maximum absolute atomic E-state index is 12.2. The Hall–Kier alpha value is -0.700. The summed E-state index contributed by atoms with van der Waals surface area (Å²) in [6.07, 6.45) is 0. The summed E-state index contributed by atoms with van der Waals surface area (Å²) in [7, 11) is 0. The Labute approximate surface area is 118 Å². The monoisotopic (exact) mass is 270 g/mol. The van der Waals surface area contributed by atoms with Crippen molar-refractivity contribution in [2.45, 2.75) is 67.9 Å². The Kier molecular flexibility index (Phi) is 5.53. The van der Waals surface area contributed by atoms with Gasteiger partial charge in [-0.25, -0.2) is 0 Å². The van der Waals surface area contributed by atoms with E-state index in [1.54, 1.807) is 6.92 Å². The molecule has 0 unspecified atom stereocenters. The number of ketones is 2. The number of ether oxygens (including phenoxy) is 1. The average molecular weight is 270 g/mol. The number of carbonyl (C=O) groups excluding carboxylic acids is 2. The van der Waals surface area contributed by atoms with Crippen molar-refractivity contribution in [2.75, 3.05) is 6.61 Å². The van der Waals surface area contributed by atoms with Gasteiger partial charge in [0.2, 0.25) is 0 Å². The van der Waals surface area contributed by atoms with Crippen molar-refractivity contribution in [1.29, 1.82) is 0 Å². The van der Waals surface area contributed by atoms with Gasteiger partial charge in [0.1, 0.15) is 12.4 Å². The van der Waals surface area contributed by atoms with E-state index in [-0.39, 0.29) is 24.1 Å². The number of hydrogen-bond donors (Lipinski definition) is 0. The van der Waals surface area contributed by atoms with E-state index in [2.05, 4.69) is 0 Å². The van der Waals surface area contributed by atoms with Crippen LogP contribution in [0, 0.1) is 16.7 Å². The Balaban J connectivity index is 4.83. The van der Waals surface area contributed by atoms with Gasteiger partial charge in [-0.3, -0.25) is 9.59 Å². The van der Waals surface area contributed by atoms with Crippen LogP contribution < -0.4 is 0 Å². The van der Waals surface area contributed by atoms with Crippen molar-refractivity contribution < 1.29 is 14.3 Å². The third-order valence-corrected chi connectivity index (χ3v) is 5.11. The molecule has 19 heavy (non-hydrogen) atoms.